The Balaban J connectivity index is 1.22. The van der Waals surface area contributed by atoms with Crippen molar-refractivity contribution >= 4 is 12.3 Å². The van der Waals surface area contributed by atoms with Gasteiger partial charge in [-0.2, -0.15) is 0 Å². The number of carbonyl (C=O) groups excluding carboxylic acids is 2. The first kappa shape index (κ1) is 28.7. The fraction of sp³-hybridized carbons (Fsp3) is 0.871. The highest BCUT2D eigenvalue weighted by Crippen LogP contribution is 2.70. The van der Waals surface area contributed by atoms with Gasteiger partial charge in [-0.25, -0.2) is 4.79 Å². The Hall–Kier alpha value is -1.36. The molecule has 9 nitrogen and oxygen atoms in total. The SMILES string of the molecule is COC1C(C)C(OC2CCC3(C=O)C4CCC5(C)C(C6=CC(=O)OC6)CCC5(O)C4CCC3(O)C2)OC(C)C1O. The summed E-state index contributed by atoms with van der Waals surface area (Å²) in [6, 6.07) is 0. The number of carbonyl (C=O) groups is 2. The molecule has 5 fully saturated rings. The molecule has 13 unspecified atom stereocenters. The molecular weight excluding hydrogens is 516 g/mol. The standard InChI is InChI=1S/C31H46O9/c1-17-26(37-4)25(34)18(2)39-27(17)40-20-5-10-29(16-32)22-6-9-28(3)21(19-13-24(33)38-15-19)8-12-31(28,36)23(22)7-11-30(29,35)14-20/h13,16-18,20-23,25-27,34-36H,5-12,14-15H2,1-4H3. The number of hydrogen-bond acceptors (Lipinski definition) is 9. The number of esters is 1. The summed E-state index contributed by atoms with van der Waals surface area (Å²) in [6.45, 7) is 6.19. The first-order valence-electron chi connectivity index (χ1n) is 15.2. The fourth-order valence-corrected chi connectivity index (χ4v) is 10.3. The molecular formula is C31H46O9. The highest BCUT2D eigenvalue weighted by atomic mass is 16.7. The zero-order valence-corrected chi connectivity index (χ0v) is 24.2. The number of aldehydes is 1. The number of aliphatic hydroxyl groups is 3. The van der Waals surface area contributed by atoms with Crippen molar-refractivity contribution in [3.8, 4) is 0 Å². The average Bonchev–Trinajstić information content (AvgIpc) is 3.46. The van der Waals surface area contributed by atoms with Gasteiger partial charge in [-0.15, -0.1) is 0 Å². The molecule has 0 aromatic carbocycles. The number of fused-ring (bicyclic) bond motifs is 5. The number of methoxy groups -OCH3 is 1. The number of cyclic esters (lactones) is 1. The fourth-order valence-electron chi connectivity index (χ4n) is 10.3. The maximum absolute atomic E-state index is 13.1. The molecule has 6 rings (SSSR count). The lowest BCUT2D eigenvalue weighted by atomic mass is 9.41. The normalized spacial score (nSPS) is 54.1. The van der Waals surface area contributed by atoms with Crippen LogP contribution in [0.25, 0.3) is 0 Å². The van der Waals surface area contributed by atoms with E-state index in [0.717, 1.165) is 31.1 Å². The molecule has 1 saturated heterocycles. The van der Waals surface area contributed by atoms with E-state index in [-0.39, 0.29) is 35.7 Å². The van der Waals surface area contributed by atoms with Crippen molar-refractivity contribution in [3.63, 3.8) is 0 Å². The molecule has 2 aliphatic heterocycles. The van der Waals surface area contributed by atoms with E-state index >= 15 is 0 Å². The molecule has 40 heavy (non-hydrogen) atoms. The first-order chi connectivity index (χ1) is 18.9. The van der Waals surface area contributed by atoms with Crippen LogP contribution >= 0.6 is 0 Å². The Morgan fingerprint density at radius 3 is 2.48 bits per heavy atom. The van der Waals surface area contributed by atoms with Crippen molar-refractivity contribution in [2.24, 2.45) is 34.5 Å². The lowest BCUT2D eigenvalue weighted by Gasteiger charge is -2.65. The second kappa shape index (κ2) is 9.85. The molecule has 9 heteroatoms. The zero-order chi connectivity index (χ0) is 28.7. The summed E-state index contributed by atoms with van der Waals surface area (Å²) in [5.41, 5.74) is -2.54. The Bertz CT molecular complexity index is 1060. The van der Waals surface area contributed by atoms with Crippen LogP contribution in [-0.2, 0) is 28.5 Å². The predicted molar refractivity (Wildman–Crippen MR) is 143 cm³/mol. The van der Waals surface area contributed by atoms with Gasteiger partial charge in [0, 0.05) is 30.9 Å². The van der Waals surface area contributed by atoms with Gasteiger partial charge in [-0.05, 0) is 81.6 Å². The summed E-state index contributed by atoms with van der Waals surface area (Å²) in [4.78, 5) is 24.9. The van der Waals surface area contributed by atoms with E-state index in [2.05, 4.69) is 6.92 Å². The summed E-state index contributed by atoms with van der Waals surface area (Å²) in [6.07, 6.45) is 5.55. The highest BCUT2D eigenvalue weighted by Gasteiger charge is 2.71. The van der Waals surface area contributed by atoms with Gasteiger partial charge in [-0.3, -0.25) is 0 Å². The van der Waals surface area contributed by atoms with Crippen LogP contribution in [0.2, 0.25) is 0 Å². The third-order valence-electron chi connectivity index (χ3n) is 12.5. The van der Waals surface area contributed by atoms with E-state index in [1.54, 1.807) is 20.1 Å². The van der Waals surface area contributed by atoms with Gasteiger partial charge in [-0.1, -0.05) is 13.8 Å². The van der Waals surface area contributed by atoms with Crippen LogP contribution < -0.4 is 0 Å². The van der Waals surface area contributed by atoms with Gasteiger partial charge in [0.25, 0.3) is 0 Å². The van der Waals surface area contributed by atoms with Crippen LogP contribution in [0.15, 0.2) is 11.6 Å². The Kier molecular flexibility index (Phi) is 7.08. The van der Waals surface area contributed by atoms with E-state index in [1.807, 2.05) is 6.92 Å². The number of rotatable bonds is 5. The second-order valence-corrected chi connectivity index (χ2v) is 14.0. The molecule has 0 spiro atoms. The average molecular weight is 563 g/mol. The maximum atomic E-state index is 13.1. The largest absolute Gasteiger partial charge is 0.458 e. The molecule has 6 aliphatic rings. The van der Waals surface area contributed by atoms with E-state index in [1.165, 1.54) is 0 Å². The quantitative estimate of drug-likeness (QED) is 0.263. The van der Waals surface area contributed by atoms with Crippen molar-refractivity contribution in [3.05, 3.63) is 11.6 Å². The third kappa shape index (κ3) is 3.87. The van der Waals surface area contributed by atoms with Crippen molar-refractivity contribution in [2.45, 2.75) is 120 Å². The molecule has 0 amide bonds. The minimum absolute atomic E-state index is 0.0800. The van der Waals surface area contributed by atoms with E-state index < -0.39 is 46.6 Å². The topological polar surface area (TPSA) is 132 Å². The summed E-state index contributed by atoms with van der Waals surface area (Å²) in [7, 11) is 1.58. The summed E-state index contributed by atoms with van der Waals surface area (Å²) in [5, 5.41) is 35.1. The summed E-state index contributed by atoms with van der Waals surface area (Å²) < 4.78 is 23.2. The van der Waals surface area contributed by atoms with Gasteiger partial charge < -0.3 is 39.1 Å². The molecule has 2 heterocycles. The van der Waals surface area contributed by atoms with Crippen molar-refractivity contribution in [1.82, 2.24) is 0 Å². The summed E-state index contributed by atoms with van der Waals surface area (Å²) >= 11 is 0. The number of hydrogen-bond donors (Lipinski definition) is 3. The van der Waals surface area contributed by atoms with E-state index in [9.17, 15) is 24.9 Å². The molecule has 4 saturated carbocycles. The Morgan fingerprint density at radius 2 is 1.80 bits per heavy atom. The summed E-state index contributed by atoms with van der Waals surface area (Å²) in [5.74, 6) is -0.633. The number of ether oxygens (including phenoxy) is 4. The Labute approximate surface area is 236 Å². The molecule has 3 N–H and O–H groups in total. The van der Waals surface area contributed by atoms with Gasteiger partial charge in [0.2, 0.25) is 0 Å². The zero-order valence-electron chi connectivity index (χ0n) is 24.2. The first-order valence-corrected chi connectivity index (χ1v) is 15.2. The van der Waals surface area contributed by atoms with Crippen LogP contribution in [0.3, 0.4) is 0 Å². The second-order valence-electron chi connectivity index (χ2n) is 14.0. The van der Waals surface area contributed by atoms with Crippen LogP contribution in [-0.4, -0.2) is 83.2 Å². The third-order valence-corrected chi connectivity index (χ3v) is 12.5. The van der Waals surface area contributed by atoms with E-state index in [4.69, 9.17) is 18.9 Å². The van der Waals surface area contributed by atoms with Crippen LogP contribution in [0.4, 0.5) is 0 Å². The van der Waals surface area contributed by atoms with Gasteiger partial charge >= 0.3 is 5.97 Å². The van der Waals surface area contributed by atoms with Crippen molar-refractivity contribution in [1.29, 1.82) is 0 Å². The minimum Gasteiger partial charge on any atom is -0.458 e. The predicted octanol–water partition coefficient (Wildman–Crippen LogP) is 2.68. The van der Waals surface area contributed by atoms with Gasteiger partial charge in [0.05, 0.1) is 34.9 Å². The monoisotopic (exact) mass is 562 g/mol. The van der Waals surface area contributed by atoms with Crippen molar-refractivity contribution in [2.75, 3.05) is 13.7 Å². The van der Waals surface area contributed by atoms with E-state index in [0.29, 0.717) is 45.1 Å². The highest BCUT2D eigenvalue weighted by molar-refractivity contribution is 5.85. The lowest BCUT2D eigenvalue weighted by molar-refractivity contribution is -0.305. The van der Waals surface area contributed by atoms with Crippen molar-refractivity contribution < 1.29 is 43.9 Å². The number of aliphatic hydroxyl groups excluding tert-OH is 1. The molecule has 224 valence electrons. The molecule has 0 aromatic rings. The molecule has 0 aromatic heterocycles. The molecule has 0 bridgehead atoms. The smallest absolute Gasteiger partial charge is 0.331 e. The maximum Gasteiger partial charge on any atom is 0.331 e. The molecule has 4 aliphatic carbocycles. The Morgan fingerprint density at radius 1 is 1.05 bits per heavy atom. The molecule has 13 atom stereocenters. The van der Waals surface area contributed by atoms with Gasteiger partial charge in [0.15, 0.2) is 6.29 Å². The van der Waals surface area contributed by atoms with Crippen LogP contribution in [0.5, 0.6) is 0 Å². The lowest BCUT2D eigenvalue weighted by Crippen LogP contribution is -2.69. The van der Waals surface area contributed by atoms with Crippen LogP contribution in [0.1, 0.15) is 78.6 Å². The van der Waals surface area contributed by atoms with Gasteiger partial charge in [0.1, 0.15) is 19.0 Å². The van der Waals surface area contributed by atoms with Crippen LogP contribution in [0, 0.1) is 34.5 Å². The minimum atomic E-state index is -1.22. The molecule has 0 radical (unpaired) electrons.